The molecule has 3 nitrogen and oxygen atoms in total. The molecule has 5 rings (SSSR count). The summed E-state index contributed by atoms with van der Waals surface area (Å²) in [6.45, 7) is 6.20. The van der Waals surface area contributed by atoms with Crippen LogP contribution in [-0.2, 0) is 4.79 Å². The molecule has 0 unspecified atom stereocenters. The van der Waals surface area contributed by atoms with Gasteiger partial charge in [-0.15, -0.1) is 5.92 Å². The van der Waals surface area contributed by atoms with Crippen LogP contribution in [0.1, 0.15) is 75.8 Å². The summed E-state index contributed by atoms with van der Waals surface area (Å²) in [5.74, 6) is 8.53. The molecule has 0 heterocycles. The van der Waals surface area contributed by atoms with Gasteiger partial charge < -0.3 is 9.84 Å². The van der Waals surface area contributed by atoms with Crippen molar-refractivity contribution in [2.75, 3.05) is 7.11 Å². The molecule has 1 N–H and O–H groups in total. The van der Waals surface area contributed by atoms with E-state index in [-0.39, 0.29) is 17.1 Å². The first-order valence-electron chi connectivity index (χ1n) is 12.1. The fourth-order valence-electron chi connectivity index (χ4n) is 7.43. The fourth-order valence-corrected chi connectivity index (χ4v) is 7.43. The van der Waals surface area contributed by atoms with Gasteiger partial charge >= 0.3 is 0 Å². The van der Waals surface area contributed by atoms with Crippen molar-refractivity contribution in [2.45, 2.75) is 77.2 Å². The molecule has 2 saturated carbocycles. The lowest BCUT2D eigenvalue weighted by Gasteiger charge is -2.53. The molecule has 3 heteroatoms. The molecule has 4 aliphatic rings. The Morgan fingerprint density at radius 1 is 1.19 bits per heavy atom. The quantitative estimate of drug-likeness (QED) is 0.616. The maximum absolute atomic E-state index is 12.2. The summed E-state index contributed by atoms with van der Waals surface area (Å²) in [5, 5.41) is 11.7. The van der Waals surface area contributed by atoms with E-state index in [2.05, 4.69) is 43.9 Å². The molecule has 0 radical (unpaired) electrons. The van der Waals surface area contributed by atoms with Gasteiger partial charge in [0.15, 0.2) is 5.78 Å². The van der Waals surface area contributed by atoms with Gasteiger partial charge in [0, 0.05) is 17.8 Å². The smallest absolute Gasteiger partial charge is 0.156 e. The molecule has 0 aromatic heterocycles. The lowest BCUT2D eigenvalue weighted by molar-refractivity contribution is -0.114. The lowest BCUT2D eigenvalue weighted by Crippen LogP contribution is -2.51. The predicted molar refractivity (Wildman–Crippen MR) is 126 cm³/mol. The number of hydrogen-bond donors (Lipinski definition) is 1. The van der Waals surface area contributed by atoms with Crippen molar-refractivity contribution < 1.29 is 14.6 Å². The highest BCUT2D eigenvalue weighted by Gasteiger charge is 2.62. The van der Waals surface area contributed by atoms with Gasteiger partial charge in [-0.2, -0.15) is 0 Å². The van der Waals surface area contributed by atoms with E-state index in [0.29, 0.717) is 18.3 Å². The molecule has 0 saturated heterocycles. The van der Waals surface area contributed by atoms with Crippen molar-refractivity contribution >= 4 is 5.78 Å². The van der Waals surface area contributed by atoms with Crippen molar-refractivity contribution in [3.05, 3.63) is 52.1 Å². The van der Waals surface area contributed by atoms with E-state index in [9.17, 15) is 9.90 Å². The Balaban J connectivity index is 1.71. The molecule has 0 spiro atoms. The molecule has 0 amide bonds. The molecule has 1 aromatic rings. The Labute approximate surface area is 191 Å². The average molecular weight is 431 g/mol. The lowest BCUT2D eigenvalue weighted by atomic mass is 9.51. The highest BCUT2D eigenvalue weighted by atomic mass is 16.5. The van der Waals surface area contributed by atoms with Crippen LogP contribution in [0.15, 0.2) is 41.0 Å². The monoisotopic (exact) mass is 430 g/mol. The summed E-state index contributed by atoms with van der Waals surface area (Å²) < 4.78 is 5.68. The number of carbonyl (C=O) groups is 1. The van der Waals surface area contributed by atoms with E-state index in [4.69, 9.17) is 4.74 Å². The van der Waals surface area contributed by atoms with Crippen molar-refractivity contribution in [3.63, 3.8) is 0 Å². The molecule has 5 atom stereocenters. The molecule has 0 bridgehead atoms. The molecular formula is C29H34O3. The zero-order valence-corrected chi connectivity index (χ0v) is 19.8. The molecule has 1 aromatic carbocycles. The highest BCUT2D eigenvalue weighted by Crippen LogP contribution is 2.66. The van der Waals surface area contributed by atoms with Gasteiger partial charge in [0.1, 0.15) is 11.4 Å². The third-order valence-electron chi connectivity index (χ3n) is 9.05. The minimum atomic E-state index is -0.936. The van der Waals surface area contributed by atoms with Gasteiger partial charge in [-0.1, -0.05) is 30.6 Å². The maximum atomic E-state index is 12.2. The summed E-state index contributed by atoms with van der Waals surface area (Å²) in [4.78, 5) is 12.2. The maximum Gasteiger partial charge on any atom is 0.156 e. The summed E-state index contributed by atoms with van der Waals surface area (Å²) in [6.07, 6.45) is 8.08. The molecule has 32 heavy (non-hydrogen) atoms. The van der Waals surface area contributed by atoms with Crippen LogP contribution in [0.4, 0.5) is 0 Å². The molecule has 4 aliphatic carbocycles. The second kappa shape index (κ2) is 7.63. The Hall–Kier alpha value is -2.31. The van der Waals surface area contributed by atoms with Gasteiger partial charge in [0.2, 0.25) is 0 Å². The van der Waals surface area contributed by atoms with Gasteiger partial charge in [0.25, 0.3) is 0 Å². The number of aliphatic hydroxyl groups is 1. The third-order valence-corrected chi connectivity index (χ3v) is 9.05. The number of aryl methyl sites for hydroxylation is 1. The minimum absolute atomic E-state index is 0.214. The van der Waals surface area contributed by atoms with Crippen molar-refractivity contribution in [1.29, 1.82) is 0 Å². The van der Waals surface area contributed by atoms with E-state index >= 15 is 0 Å². The Morgan fingerprint density at radius 3 is 2.75 bits per heavy atom. The van der Waals surface area contributed by atoms with E-state index in [1.54, 1.807) is 7.11 Å². The van der Waals surface area contributed by atoms with E-state index in [1.165, 1.54) is 22.3 Å². The number of allylic oxidation sites excluding steroid dienone is 4. The van der Waals surface area contributed by atoms with Gasteiger partial charge in [-0.25, -0.2) is 0 Å². The van der Waals surface area contributed by atoms with Crippen LogP contribution < -0.4 is 4.74 Å². The summed E-state index contributed by atoms with van der Waals surface area (Å²) in [7, 11) is 1.73. The average Bonchev–Trinajstić information content (AvgIpc) is 3.03. The predicted octanol–water partition coefficient (Wildman–Crippen LogP) is 5.66. The minimum Gasteiger partial charge on any atom is -0.496 e. The van der Waals surface area contributed by atoms with Crippen LogP contribution >= 0.6 is 0 Å². The van der Waals surface area contributed by atoms with Crippen LogP contribution in [0.2, 0.25) is 0 Å². The van der Waals surface area contributed by atoms with Gasteiger partial charge in [0.05, 0.1) is 7.11 Å². The second-order valence-electron chi connectivity index (χ2n) is 10.5. The molecular weight excluding hydrogens is 396 g/mol. The van der Waals surface area contributed by atoms with Crippen LogP contribution in [0.25, 0.3) is 0 Å². The molecule has 2 fully saturated rings. The van der Waals surface area contributed by atoms with Crippen LogP contribution in [0.5, 0.6) is 5.75 Å². The normalized spacial score (nSPS) is 35.8. The first kappa shape index (κ1) is 21.5. The molecule has 168 valence electrons. The number of carbonyl (C=O) groups excluding carboxylic acids is 1. The van der Waals surface area contributed by atoms with Gasteiger partial charge in [-0.05, 0) is 98.6 Å². The Bertz CT molecular complexity index is 1100. The van der Waals surface area contributed by atoms with Crippen molar-refractivity contribution in [3.8, 4) is 17.6 Å². The van der Waals surface area contributed by atoms with E-state index in [0.717, 1.165) is 49.8 Å². The Kier molecular flexibility index (Phi) is 5.13. The largest absolute Gasteiger partial charge is 0.496 e. The summed E-state index contributed by atoms with van der Waals surface area (Å²) in [6, 6.07) is 6.58. The summed E-state index contributed by atoms with van der Waals surface area (Å²) in [5.41, 5.74) is 5.44. The number of ketones is 1. The number of methoxy groups -OCH3 is 1. The zero-order valence-electron chi connectivity index (χ0n) is 19.8. The number of fused-ring (bicyclic) bond motifs is 4. The first-order valence-corrected chi connectivity index (χ1v) is 12.1. The van der Waals surface area contributed by atoms with E-state index in [1.807, 2.05) is 13.0 Å². The SMILES string of the molecule is CC#C[C@]1(O)CC[C@H]2[C@@H]3CCC4=CC(=O)CCC4=C3[C@@H](c3ccc(C)c(OC)c3)C[C@@]21C. The van der Waals surface area contributed by atoms with Gasteiger partial charge in [-0.3, -0.25) is 4.79 Å². The second-order valence-corrected chi connectivity index (χ2v) is 10.5. The van der Waals surface area contributed by atoms with Crippen molar-refractivity contribution in [2.24, 2.45) is 17.3 Å². The van der Waals surface area contributed by atoms with Crippen molar-refractivity contribution in [1.82, 2.24) is 0 Å². The molecule has 0 aliphatic heterocycles. The van der Waals surface area contributed by atoms with E-state index < -0.39 is 5.60 Å². The topological polar surface area (TPSA) is 46.5 Å². The number of ether oxygens (including phenoxy) is 1. The number of rotatable bonds is 2. The highest BCUT2D eigenvalue weighted by molar-refractivity contribution is 5.93. The standard InChI is InChI=1S/C29H34O3/c1-5-13-29(31)14-12-25-23-10-8-19-15-21(30)9-11-22(19)27(23)24(17-28(25,29)3)20-7-6-18(2)26(16-20)32-4/h6-7,15-16,23-25,31H,8-12,14,17H2,1-4H3/t23-,24+,25-,28-,29-/m0/s1. The Morgan fingerprint density at radius 2 is 2.00 bits per heavy atom. The zero-order chi connectivity index (χ0) is 22.7. The summed E-state index contributed by atoms with van der Waals surface area (Å²) >= 11 is 0. The first-order chi connectivity index (χ1) is 15.3. The third kappa shape index (κ3) is 3.03. The fraction of sp³-hybridized carbons (Fsp3) is 0.552. The number of benzene rings is 1. The number of hydrogen-bond acceptors (Lipinski definition) is 3. The van der Waals surface area contributed by atoms with Crippen LogP contribution in [0, 0.1) is 36.0 Å². The van der Waals surface area contributed by atoms with Crippen LogP contribution in [-0.4, -0.2) is 23.6 Å². The van der Waals surface area contributed by atoms with Crippen LogP contribution in [0.3, 0.4) is 0 Å².